The van der Waals surface area contributed by atoms with E-state index < -0.39 is 9.84 Å². The Balaban J connectivity index is 2.04. The number of hydrogen-bond acceptors (Lipinski definition) is 5. The van der Waals surface area contributed by atoms with Crippen molar-refractivity contribution in [2.75, 3.05) is 40.0 Å². The van der Waals surface area contributed by atoms with Crippen molar-refractivity contribution in [1.29, 1.82) is 0 Å². The summed E-state index contributed by atoms with van der Waals surface area (Å²) in [5.41, 5.74) is 9.25. The number of hydrogen-bond donors (Lipinski definition) is 1. The molecule has 1 aliphatic heterocycles. The Morgan fingerprint density at radius 1 is 1.00 bits per heavy atom. The third kappa shape index (κ3) is 4.58. The monoisotopic (exact) mass is 385 g/mol. The van der Waals surface area contributed by atoms with Crippen molar-refractivity contribution in [2.45, 2.75) is 11.8 Å². The van der Waals surface area contributed by atoms with Gasteiger partial charge in [-0.05, 0) is 44.3 Å². The van der Waals surface area contributed by atoms with Crippen LogP contribution in [-0.4, -0.2) is 58.3 Å². The van der Waals surface area contributed by atoms with Gasteiger partial charge in [0.25, 0.3) is 0 Å². The maximum absolute atomic E-state index is 11.8. The molecule has 0 atom stereocenters. The van der Waals surface area contributed by atoms with Crippen LogP contribution in [0.25, 0.3) is 11.3 Å². The highest BCUT2D eigenvalue weighted by molar-refractivity contribution is 7.90. The van der Waals surface area contributed by atoms with E-state index in [1.807, 2.05) is 12.1 Å². The molecule has 2 aromatic rings. The third-order valence-electron chi connectivity index (χ3n) is 4.73. The van der Waals surface area contributed by atoms with Crippen LogP contribution in [0.4, 0.5) is 0 Å². The molecule has 0 aromatic heterocycles. The quantitative estimate of drug-likeness (QED) is 0.829. The Labute approximate surface area is 162 Å². The molecular weight excluding hydrogens is 358 g/mol. The van der Waals surface area contributed by atoms with E-state index in [4.69, 9.17) is 0 Å². The van der Waals surface area contributed by atoms with Crippen molar-refractivity contribution in [3.8, 4) is 0 Å². The van der Waals surface area contributed by atoms with Crippen LogP contribution >= 0.6 is 0 Å². The molecule has 144 valence electrons. The van der Waals surface area contributed by atoms with Gasteiger partial charge in [-0.1, -0.05) is 42.0 Å². The topological polar surface area (TPSA) is 52.7 Å². The molecule has 5 nitrogen and oxygen atoms in total. The summed E-state index contributed by atoms with van der Waals surface area (Å²) in [4.78, 5) is 2.49. The average molecular weight is 386 g/mol. The van der Waals surface area contributed by atoms with E-state index in [1.165, 1.54) is 23.0 Å². The van der Waals surface area contributed by atoms with Gasteiger partial charge in [-0.3, -0.25) is 0 Å². The SMILES string of the molecule is Cc1ccc(C2=C(c3ccc(S(C)(=O)=O)cc3)N(CCN(C)C)NC2)cc1. The first kappa shape index (κ1) is 19.6. The molecular formula is C21H27N3O2S. The summed E-state index contributed by atoms with van der Waals surface area (Å²) < 4.78 is 23.6. The molecule has 0 spiro atoms. The van der Waals surface area contributed by atoms with Crippen LogP contribution in [0.15, 0.2) is 53.4 Å². The highest BCUT2D eigenvalue weighted by Crippen LogP contribution is 2.33. The lowest BCUT2D eigenvalue weighted by Gasteiger charge is -2.24. The number of aryl methyl sites for hydroxylation is 1. The first-order valence-corrected chi connectivity index (χ1v) is 10.9. The van der Waals surface area contributed by atoms with Gasteiger partial charge in [0, 0.05) is 31.5 Å². The first-order valence-electron chi connectivity index (χ1n) is 9.02. The van der Waals surface area contributed by atoms with Crippen LogP contribution in [0.3, 0.4) is 0 Å². The minimum absolute atomic E-state index is 0.342. The van der Waals surface area contributed by atoms with Crippen molar-refractivity contribution >= 4 is 21.1 Å². The lowest BCUT2D eigenvalue weighted by molar-refractivity contribution is 0.276. The van der Waals surface area contributed by atoms with Crippen molar-refractivity contribution in [2.24, 2.45) is 0 Å². The van der Waals surface area contributed by atoms with E-state index in [2.05, 4.69) is 60.6 Å². The van der Waals surface area contributed by atoms with Crippen LogP contribution in [0, 0.1) is 6.92 Å². The minimum Gasteiger partial charge on any atom is -0.308 e. The molecule has 0 saturated carbocycles. The van der Waals surface area contributed by atoms with E-state index in [1.54, 1.807) is 12.1 Å². The molecule has 0 radical (unpaired) electrons. The van der Waals surface area contributed by atoms with Gasteiger partial charge in [-0.25, -0.2) is 13.8 Å². The van der Waals surface area contributed by atoms with E-state index in [0.29, 0.717) is 4.90 Å². The van der Waals surface area contributed by atoms with Gasteiger partial charge in [0.15, 0.2) is 9.84 Å². The molecule has 2 aromatic carbocycles. The Bertz CT molecular complexity index is 930. The number of nitrogens with one attached hydrogen (secondary N) is 1. The first-order chi connectivity index (χ1) is 12.8. The van der Waals surface area contributed by atoms with Gasteiger partial charge in [0.05, 0.1) is 10.6 Å². The standard InChI is InChI=1S/C21H27N3O2S/c1-16-5-7-17(8-6-16)20-15-22-24(14-13-23(2)3)21(20)18-9-11-19(12-10-18)27(4,25)26/h5-12,22H,13-15H2,1-4H3. The summed E-state index contributed by atoms with van der Waals surface area (Å²) in [6.07, 6.45) is 1.24. The molecule has 0 bridgehead atoms. The Morgan fingerprint density at radius 2 is 1.59 bits per heavy atom. The van der Waals surface area contributed by atoms with Gasteiger partial charge in [-0.2, -0.15) is 0 Å². The van der Waals surface area contributed by atoms with Crippen molar-refractivity contribution in [3.05, 3.63) is 65.2 Å². The largest absolute Gasteiger partial charge is 0.308 e. The highest BCUT2D eigenvalue weighted by atomic mass is 32.2. The van der Waals surface area contributed by atoms with Crippen molar-refractivity contribution in [1.82, 2.24) is 15.3 Å². The molecule has 6 heteroatoms. The molecule has 1 aliphatic rings. The summed E-state index contributed by atoms with van der Waals surface area (Å²) in [6, 6.07) is 15.7. The predicted octanol–water partition coefficient (Wildman–Crippen LogP) is 2.65. The van der Waals surface area contributed by atoms with Gasteiger partial charge in [0.1, 0.15) is 0 Å². The summed E-state index contributed by atoms with van der Waals surface area (Å²) >= 11 is 0. The van der Waals surface area contributed by atoms with E-state index in [-0.39, 0.29) is 0 Å². The maximum atomic E-state index is 11.8. The predicted molar refractivity (Wildman–Crippen MR) is 111 cm³/mol. The number of hydrazine groups is 1. The zero-order chi connectivity index (χ0) is 19.6. The molecule has 1 N–H and O–H groups in total. The van der Waals surface area contributed by atoms with Gasteiger partial charge in [0.2, 0.25) is 0 Å². The maximum Gasteiger partial charge on any atom is 0.175 e. The minimum atomic E-state index is -3.20. The van der Waals surface area contributed by atoms with Crippen LogP contribution in [0.1, 0.15) is 16.7 Å². The van der Waals surface area contributed by atoms with Crippen LogP contribution in [0.2, 0.25) is 0 Å². The number of benzene rings is 2. The zero-order valence-corrected chi connectivity index (χ0v) is 17.2. The molecule has 0 amide bonds. The normalized spacial score (nSPS) is 15.1. The molecule has 3 rings (SSSR count). The second kappa shape index (κ2) is 7.84. The summed E-state index contributed by atoms with van der Waals surface area (Å²) in [5, 5.41) is 2.17. The number of likely N-dealkylation sites (N-methyl/N-ethyl adjacent to an activating group) is 1. The van der Waals surface area contributed by atoms with E-state index >= 15 is 0 Å². The third-order valence-corrected chi connectivity index (χ3v) is 5.86. The average Bonchev–Trinajstić information content (AvgIpc) is 3.04. The molecule has 0 saturated heterocycles. The summed E-state index contributed by atoms with van der Waals surface area (Å²) in [5.74, 6) is 0. The number of rotatable bonds is 6. The van der Waals surface area contributed by atoms with Crippen molar-refractivity contribution < 1.29 is 8.42 Å². The fourth-order valence-electron chi connectivity index (χ4n) is 3.17. The fraction of sp³-hybridized carbons (Fsp3) is 0.333. The second-order valence-electron chi connectivity index (χ2n) is 7.28. The summed E-state index contributed by atoms with van der Waals surface area (Å²) in [6.45, 7) is 4.59. The van der Waals surface area contributed by atoms with E-state index in [0.717, 1.165) is 30.9 Å². The highest BCUT2D eigenvalue weighted by Gasteiger charge is 2.24. The van der Waals surface area contributed by atoms with E-state index in [9.17, 15) is 8.42 Å². The van der Waals surface area contributed by atoms with Crippen LogP contribution in [-0.2, 0) is 9.84 Å². The van der Waals surface area contributed by atoms with Gasteiger partial charge in [-0.15, -0.1) is 0 Å². The zero-order valence-electron chi connectivity index (χ0n) is 16.4. The molecule has 27 heavy (non-hydrogen) atoms. The Hall–Kier alpha value is -2.15. The van der Waals surface area contributed by atoms with Crippen LogP contribution in [0.5, 0.6) is 0 Å². The molecule has 0 aliphatic carbocycles. The van der Waals surface area contributed by atoms with Gasteiger partial charge >= 0.3 is 0 Å². The Kier molecular flexibility index (Phi) is 5.69. The lowest BCUT2D eigenvalue weighted by Crippen LogP contribution is -2.36. The molecule has 0 unspecified atom stereocenters. The summed E-state index contributed by atoms with van der Waals surface area (Å²) in [7, 11) is 0.913. The smallest absolute Gasteiger partial charge is 0.175 e. The molecule has 1 heterocycles. The van der Waals surface area contributed by atoms with Gasteiger partial charge < -0.3 is 9.91 Å². The van der Waals surface area contributed by atoms with Crippen molar-refractivity contribution in [3.63, 3.8) is 0 Å². The number of sulfone groups is 1. The number of nitrogens with zero attached hydrogens (tertiary/aromatic N) is 2. The lowest BCUT2D eigenvalue weighted by atomic mass is 9.99. The fourth-order valence-corrected chi connectivity index (χ4v) is 3.81. The second-order valence-corrected chi connectivity index (χ2v) is 9.30. The van der Waals surface area contributed by atoms with Crippen LogP contribution < -0.4 is 5.43 Å². The molecule has 0 fully saturated rings. The Morgan fingerprint density at radius 3 is 2.15 bits per heavy atom.